The highest BCUT2D eigenvalue weighted by atomic mass is 79.9. The molecule has 0 saturated carbocycles. The van der Waals surface area contributed by atoms with Gasteiger partial charge in [0, 0.05) is 12.6 Å². The quantitative estimate of drug-likeness (QED) is 0.775. The Morgan fingerprint density at radius 2 is 2.06 bits per heavy atom. The van der Waals surface area contributed by atoms with E-state index < -0.39 is 0 Å². The fourth-order valence-electron chi connectivity index (χ4n) is 1.59. The molecule has 1 N–H and O–H groups in total. The van der Waals surface area contributed by atoms with E-state index in [-0.39, 0.29) is 5.82 Å². The van der Waals surface area contributed by atoms with E-state index in [1.54, 1.807) is 6.07 Å². The van der Waals surface area contributed by atoms with Crippen LogP contribution in [0.2, 0.25) is 0 Å². The van der Waals surface area contributed by atoms with Crippen molar-refractivity contribution in [3.05, 3.63) is 28.5 Å². The minimum absolute atomic E-state index is 0.264. The van der Waals surface area contributed by atoms with Gasteiger partial charge in [-0.15, -0.1) is 0 Å². The number of hydrogen-bond donors (Lipinski definition) is 1. The monoisotopic (exact) mass is 303 g/mol. The van der Waals surface area contributed by atoms with Crippen molar-refractivity contribution in [2.75, 3.05) is 13.2 Å². The summed E-state index contributed by atoms with van der Waals surface area (Å²) in [5.41, 5.74) is 0. The van der Waals surface area contributed by atoms with Gasteiger partial charge in [-0.25, -0.2) is 4.39 Å². The Labute approximate surface area is 111 Å². The van der Waals surface area contributed by atoms with Gasteiger partial charge in [0.2, 0.25) is 0 Å². The van der Waals surface area contributed by atoms with Crippen molar-refractivity contribution in [2.45, 2.75) is 32.7 Å². The molecule has 0 unspecified atom stereocenters. The highest BCUT2D eigenvalue weighted by molar-refractivity contribution is 9.10. The van der Waals surface area contributed by atoms with Gasteiger partial charge in [0.05, 0.1) is 4.47 Å². The lowest BCUT2D eigenvalue weighted by Gasteiger charge is -2.15. The number of halogens is 2. The van der Waals surface area contributed by atoms with E-state index in [1.807, 2.05) is 0 Å². The fraction of sp³-hybridized carbons (Fsp3) is 0.538. The van der Waals surface area contributed by atoms with Crippen molar-refractivity contribution in [2.24, 2.45) is 0 Å². The summed E-state index contributed by atoms with van der Waals surface area (Å²) in [6.45, 7) is 5.72. The van der Waals surface area contributed by atoms with Crippen molar-refractivity contribution >= 4 is 15.9 Å². The zero-order valence-corrected chi connectivity index (χ0v) is 11.9. The molecule has 2 nitrogen and oxygen atoms in total. The number of hydrogen-bond acceptors (Lipinski definition) is 2. The molecule has 1 aromatic carbocycles. The smallest absolute Gasteiger partial charge is 0.133 e. The van der Waals surface area contributed by atoms with Crippen molar-refractivity contribution in [1.82, 2.24) is 5.32 Å². The van der Waals surface area contributed by atoms with Gasteiger partial charge >= 0.3 is 0 Å². The Morgan fingerprint density at radius 3 is 2.65 bits per heavy atom. The van der Waals surface area contributed by atoms with Gasteiger partial charge < -0.3 is 10.1 Å². The first-order valence-corrected chi connectivity index (χ1v) is 6.77. The van der Waals surface area contributed by atoms with Crippen LogP contribution < -0.4 is 10.1 Å². The van der Waals surface area contributed by atoms with E-state index in [4.69, 9.17) is 4.74 Å². The molecule has 4 heteroatoms. The average Bonchev–Trinajstić information content (AvgIpc) is 2.32. The number of ether oxygens (including phenoxy) is 1. The number of benzene rings is 1. The van der Waals surface area contributed by atoms with E-state index in [0.29, 0.717) is 22.9 Å². The summed E-state index contributed by atoms with van der Waals surface area (Å²) in [5, 5.41) is 3.41. The third kappa shape index (κ3) is 5.04. The minimum atomic E-state index is -0.264. The molecule has 0 saturated heterocycles. The first-order valence-electron chi connectivity index (χ1n) is 5.98. The molecule has 0 aliphatic rings. The van der Waals surface area contributed by atoms with E-state index in [9.17, 15) is 4.39 Å². The second-order valence-corrected chi connectivity index (χ2v) is 4.75. The van der Waals surface area contributed by atoms with Crippen molar-refractivity contribution in [3.8, 4) is 5.75 Å². The van der Waals surface area contributed by atoms with E-state index in [1.165, 1.54) is 12.1 Å². The van der Waals surface area contributed by atoms with Crippen molar-refractivity contribution in [1.29, 1.82) is 0 Å². The summed E-state index contributed by atoms with van der Waals surface area (Å²) in [6, 6.07) is 4.99. The maximum absolute atomic E-state index is 12.8. The Morgan fingerprint density at radius 1 is 1.35 bits per heavy atom. The van der Waals surface area contributed by atoms with Crippen LogP contribution in [-0.2, 0) is 0 Å². The lowest BCUT2D eigenvalue weighted by atomic mass is 10.2. The average molecular weight is 304 g/mol. The maximum Gasteiger partial charge on any atom is 0.133 e. The van der Waals surface area contributed by atoms with E-state index in [2.05, 4.69) is 35.1 Å². The Hall–Kier alpha value is -0.610. The van der Waals surface area contributed by atoms with Crippen LogP contribution >= 0.6 is 15.9 Å². The Balaban J connectivity index is 2.31. The second-order valence-electron chi connectivity index (χ2n) is 3.89. The first kappa shape index (κ1) is 14.5. The number of rotatable bonds is 7. The van der Waals surface area contributed by atoms with E-state index in [0.717, 1.165) is 19.4 Å². The van der Waals surface area contributed by atoms with Crippen molar-refractivity contribution < 1.29 is 9.13 Å². The van der Waals surface area contributed by atoms with Crippen LogP contribution in [-0.4, -0.2) is 19.2 Å². The van der Waals surface area contributed by atoms with Gasteiger partial charge in [-0.2, -0.15) is 0 Å². The molecule has 17 heavy (non-hydrogen) atoms. The standard InChI is InChI=1S/C13H19BrFNO/c1-3-11(4-2)16-7-8-17-13-6-5-10(15)9-12(13)14/h5-6,9,11,16H,3-4,7-8H2,1-2H3. The third-order valence-electron chi connectivity index (χ3n) is 2.67. The van der Waals surface area contributed by atoms with Crippen molar-refractivity contribution in [3.63, 3.8) is 0 Å². The zero-order valence-electron chi connectivity index (χ0n) is 10.3. The van der Waals surface area contributed by atoms with Gasteiger partial charge in [0.15, 0.2) is 0 Å². The lowest BCUT2D eigenvalue weighted by molar-refractivity contribution is 0.300. The van der Waals surface area contributed by atoms with Gasteiger partial charge in [0.25, 0.3) is 0 Å². The summed E-state index contributed by atoms with van der Waals surface area (Å²) >= 11 is 3.27. The van der Waals surface area contributed by atoms with Crippen LogP contribution in [0.15, 0.2) is 22.7 Å². The summed E-state index contributed by atoms with van der Waals surface area (Å²) < 4.78 is 19.0. The summed E-state index contributed by atoms with van der Waals surface area (Å²) in [5.74, 6) is 0.414. The predicted molar refractivity (Wildman–Crippen MR) is 72.0 cm³/mol. The molecule has 0 aliphatic heterocycles. The largest absolute Gasteiger partial charge is 0.491 e. The highest BCUT2D eigenvalue weighted by Gasteiger charge is 2.04. The highest BCUT2D eigenvalue weighted by Crippen LogP contribution is 2.25. The van der Waals surface area contributed by atoms with Gasteiger partial charge in [-0.3, -0.25) is 0 Å². The molecule has 0 fully saturated rings. The molecular formula is C13H19BrFNO. The minimum Gasteiger partial charge on any atom is -0.491 e. The van der Waals surface area contributed by atoms with Crippen LogP contribution in [0, 0.1) is 5.82 Å². The molecule has 0 bridgehead atoms. The maximum atomic E-state index is 12.8. The van der Waals surface area contributed by atoms with Crippen LogP contribution in [0.5, 0.6) is 5.75 Å². The van der Waals surface area contributed by atoms with Crippen LogP contribution in [0.1, 0.15) is 26.7 Å². The SMILES string of the molecule is CCC(CC)NCCOc1ccc(F)cc1Br. The third-order valence-corrected chi connectivity index (χ3v) is 3.29. The van der Waals surface area contributed by atoms with Gasteiger partial charge in [0.1, 0.15) is 18.2 Å². The predicted octanol–water partition coefficient (Wildman–Crippen LogP) is 3.75. The molecule has 96 valence electrons. The molecule has 0 amide bonds. The van der Waals surface area contributed by atoms with Crippen LogP contribution in [0.3, 0.4) is 0 Å². The molecule has 0 heterocycles. The summed E-state index contributed by atoms with van der Waals surface area (Å²) in [6.07, 6.45) is 2.24. The molecular weight excluding hydrogens is 285 g/mol. The van der Waals surface area contributed by atoms with Crippen LogP contribution in [0.25, 0.3) is 0 Å². The Bertz CT molecular complexity index is 342. The van der Waals surface area contributed by atoms with E-state index >= 15 is 0 Å². The normalized spacial score (nSPS) is 10.9. The second kappa shape index (κ2) is 7.67. The topological polar surface area (TPSA) is 21.3 Å². The molecule has 1 aromatic rings. The fourth-order valence-corrected chi connectivity index (χ4v) is 2.06. The lowest BCUT2D eigenvalue weighted by Crippen LogP contribution is -2.31. The molecule has 0 aliphatic carbocycles. The Kier molecular flexibility index (Phi) is 6.52. The molecule has 1 rings (SSSR count). The summed E-state index contributed by atoms with van der Waals surface area (Å²) in [7, 11) is 0. The zero-order chi connectivity index (χ0) is 12.7. The number of nitrogens with one attached hydrogen (secondary N) is 1. The first-order chi connectivity index (χ1) is 8.17. The molecule has 0 spiro atoms. The van der Waals surface area contributed by atoms with Gasteiger partial charge in [-0.05, 0) is 47.0 Å². The molecule has 0 atom stereocenters. The van der Waals surface area contributed by atoms with Crippen LogP contribution in [0.4, 0.5) is 4.39 Å². The molecule has 0 aromatic heterocycles. The van der Waals surface area contributed by atoms with Gasteiger partial charge in [-0.1, -0.05) is 13.8 Å². The summed E-state index contributed by atoms with van der Waals surface area (Å²) in [4.78, 5) is 0. The molecule has 0 radical (unpaired) electrons.